The van der Waals surface area contributed by atoms with Crippen molar-refractivity contribution < 1.29 is 9.79 Å². The first-order valence-corrected chi connectivity index (χ1v) is 2.45. The molecular formula is C4H8N3O+. The van der Waals surface area contributed by atoms with Crippen LogP contribution in [0.2, 0.25) is 0 Å². The molecule has 4 N–H and O–H groups in total. The fourth-order valence-electron chi connectivity index (χ4n) is 0.612. The molecule has 0 aliphatic carbocycles. The van der Waals surface area contributed by atoms with Gasteiger partial charge in [0, 0.05) is 0 Å². The Morgan fingerprint density at radius 2 is 2.62 bits per heavy atom. The van der Waals surface area contributed by atoms with Gasteiger partial charge < -0.3 is 5.73 Å². The minimum absolute atomic E-state index is 0.414. The van der Waals surface area contributed by atoms with Crippen LogP contribution in [0.1, 0.15) is 0 Å². The third-order valence-electron chi connectivity index (χ3n) is 0.975. The molecule has 1 aliphatic heterocycles. The molecule has 0 saturated heterocycles. The van der Waals surface area contributed by atoms with Gasteiger partial charge in [-0.05, 0) is 0 Å². The molecule has 0 atom stereocenters. The van der Waals surface area contributed by atoms with Crippen LogP contribution in [0.25, 0.3) is 0 Å². The predicted molar refractivity (Wildman–Crippen MR) is 28.0 cm³/mol. The average molecular weight is 114 g/mol. The van der Waals surface area contributed by atoms with Crippen molar-refractivity contribution in [1.29, 1.82) is 0 Å². The fourth-order valence-corrected chi connectivity index (χ4v) is 0.612. The third-order valence-corrected chi connectivity index (χ3v) is 0.975. The average Bonchev–Trinajstić information content (AvgIpc) is 2.12. The van der Waals surface area contributed by atoms with Gasteiger partial charge in [0.25, 0.3) is 0 Å². The Hall–Kier alpha value is -1.06. The number of hydrogen-bond acceptors (Lipinski definition) is 2. The third kappa shape index (κ3) is 0.776. The van der Waals surface area contributed by atoms with Gasteiger partial charge in [-0.2, -0.15) is 0 Å². The second kappa shape index (κ2) is 1.81. The molecular weight excluding hydrogens is 106 g/mol. The molecule has 8 heavy (non-hydrogen) atoms. The first-order valence-electron chi connectivity index (χ1n) is 2.45. The monoisotopic (exact) mass is 114 g/mol. The first kappa shape index (κ1) is 5.08. The van der Waals surface area contributed by atoms with E-state index in [0.29, 0.717) is 5.84 Å². The largest absolute Gasteiger partial charge is 0.359 e. The highest BCUT2D eigenvalue weighted by atomic mass is 16.1. The van der Waals surface area contributed by atoms with Gasteiger partial charge in [-0.15, -0.1) is 0 Å². The van der Waals surface area contributed by atoms with E-state index in [0.717, 1.165) is 13.1 Å². The Labute approximate surface area is 46.8 Å². The second-order valence-corrected chi connectivity index (χ2v) is 1.59. The van der Waals surface area contributed by atoms with Gasteiger partial charge in [0.1, 0.15) is 13.1 Å². The number of nitrogens with two attached hydrogens (primary N) is 1. The maximum Gasteiger partial charge on any atom is 0.334 e. The summed E-state index contributed by atoms with van der Waals surface area (Å²) in [5.74, 6) is 0.0208. The highest BCUT2D eigenvalue weighted by Gasteiger charge is 2.17. The molecule has 0 spiro atoms. The summed E-state index contributed by atoms with van der Waals surface area (Å²) in [6, 6.07) is 0. The van der Waals surface area contributed by atoms with Crippen LogP contribution in [0, 0.1) is 0 Å². The quantitative estimate of drug-likeness (QED) is 0.332. The van der Waals surface area contributed by atoms with Crippen molar-refractivity contribution in [3.05, 3.63) is 0 Å². The summed E-state index contributed by atoms with van der Waals surface area (Å²) < 4.78 is 0. The summed E-state index contributed by atoms with van der Waals surface area (Å²) in [7, 11) is 0. The molecule has 1 aliphatic rings. The molecule has 0 aromatic heterocycles. The number of hydrogen-bond donors (Lipinski definition) is 3. The lowest BCUT2D eigenvalue weighted by atomic mass is 10.6. The summed E-state index contributed by atoms with van der Waals surface area (Å²) in [6.45, 7) is 1.58. The van der Waals surface area contributed by atoms with Crippen molar-refractivity contribution in [2.75, 3.05) is 13.1 Å². The Morgan fingerprint density at radius 3 is 2.88 bits per heavy atom. The summed E-state index contributed by atoms with van der Waals surface area (Å²) in [5, 5.41) is 2.79. The number of nitrogens with one attached hydrogen (secondary N) is 2. The predicted octanol–water partition coefficient (Wildman–Crippen LogP) is -3.45. The summed E-state index contributed by atoms with van der Waals surface area (Å²) in [6.07, 6.45) is 0. The summed E-state index contributed by atoms with van der Waals surface area (Å²) in [5.41, 5.74) is 4.90. The standard InChI is InChI=1S/C4H7N3O/c5-3(8)4-6-1-2-7-4/h1-2H2,(H2,5,8)(H,6,7)/p+1. The molecule has 44 valence electrons. The van der Waals surface area contributed by atoms with E-state index in [-0.39, 0.29) is 0 Å². The molecule has 0 radical (unpaired) electrons. The number of carbonyl (C=O) groups is 1. The Balaban J connectivity index is 2.57. The van der Waals surface area contributed by atoms with E-state index in [1.54, 1.807) is 0 Å². The topological polar surface area (TPSA) is 69.1 Å². The molecule has 1 amide bonds. The van der Waals surface area contributed by atoms with Gasteiger partial charge in [0.15, 0.2) is 0 Å². The zero-order valence-electron chi connectivity index (χ0n) is 4.40. The molecule has 0 aromatic carbocycles. The van der Waals surface area contributed by atoms with E-state index < -0.39 is 5.91 Å². The van der Waals surface area contributed by atoms with Gasteiger partial charge in [0.05, 0.1) is 0 Å². The lowest BCUT2D eigenvalue weighted by Gasteiger charge is -1.82. The summed E-state index contributed by atoms with van der Waals surface area (Å²) in [4.78, 5) is 13.0. The van der Waals surface area contributed by atoms with Crippen molar-refractivity contribution in [3.8, 4) is 0 Å². The number of rotatable bonds is 1. The molecule has 4 nitrogen and oxygen atoms in total. The fraction of sp³-hybridized carbons (Fsp3) is 0.500. The maximum absolute atomic E-state index is 10.3. The van der Waals surface area contributed by atoms with Crippen LogP contribution in [-0.4, -0.2) is 24.8 Å². The van der Waals surface area contributed by atoms with Gasteiger partial charge in [-0.3, -0.25) is 15.1 Å². The van der Waals surface area contributed by atoms with E-state index in [4.69, 9.17) is 5.73 Å². The normalized spacial score (nSPS) is 17.2. The van der Waals surface area contributed by atoms with Crippen LogP contribution in [0.5, 0.6) is 0 Å². The number of amidine groups is 1. The maximum atomic E-state index is 10.3. The molecule has 1 rings (SSSR count). The summed E-state index contributed by atoms with van der Waals surface area (Å²) >= 11 is 0. The molecule has 0 bridgehead atoms. The molecule has 0 unspecified atom stereocenters. The zero-order chi connectivity index (χ0) is 5.98. The van der Waals surface area contributed by atoms with Crippen molar-refractivity contribution in [3.63, 3.8) is 0 Å². The van der Waals surface area contributed by atoms with Crippen molar-refractivity contribution in [2.24, 2.45) is 5.73 Å². The van der Waals surface area contributed by atoms with E-state index in [1.165, 1.54) is 0 Å². The van der Waals surface area contributed by atoms with Crippen molar-refractivity contribution >= 4 is 11.7 Å². The van der Waals surface area contributed by atoms with Gasteiger partial charge >= 0.3 is 11.7 Å². The van der Waals surface area contributed by atoms with Crippen LogP contribution < -0.4 is 16.0 Å². The van der Waals surface area contributed by atoms with Crippen molar-refractivity contribution in [2.45, 2.75) is 0 Å². The molecule has 4 heteroatoms. The van der Waals surface area contributed by atoms with Crippen LogP contribution in [-0.2, 0) is 4.79 Å². The smallest absolute Gasteiger partial charge is 0.334 e. The highest BCUT2D eigenvalue weighted by Crippen LogP contribution is 1.60. The van der Waals surface area contributed by atoms with Crippen LogP contribution in [0.15, 0.2) is 0 Å². The number of primary amides is 1. The van der Waals surface area contributed by atoms with E-state index in [1.807, 2.05) is 0 Å². The Kier molecular flexibility index (Phi) is 1.15. The zero-order valence-corrected chi connectivity index (χ0v) is 4.40. The van der Waals surface area contributed by atoms with E-state index in [2.05, 4.69) is 10.3 Å². The van der Waals surface area contributed by atoms with Crippen LogP contribution in [0.4, 0.5) is 0 Å². The highest BCUT2D eigenvalue weighted by molar-refractivity contribution is 6.34. The van der Waals surface area contributed by atoms with Crippen molar-refractivity contribution in [1.82, 2.24) is 5.32 Å². The van der Waals surface area contributed by atoms with Gasteiger partial charge in [-0.1, -0.05) is 0 Å². The minimum Gasteiger partial charge on any atom is -0.359 e. The number of amides is 1. The number of carbonyl (C=O) groups excluding carboxylic acids is 1. The minimum atomic E-state index is -0.414. The Morgan fingerprint density at radius 1 is 1.88 bits per heavy atom. The van der Waals surface area contributed by atoms with E-state index in [9.17, 15) is 4.79 Å². The first-order chi connectivity index (χ1) is 3.80. The molecule has 0 aromatic rings. The van der Waals surface area contributed by atoms with Crippen LogP contribution in [0.3, 0.4) is 0 Å². The lowest BCUT2D eigenvalue weighted by molar-refractivity contribution is -0.443. The SMILES string of the molecule is NC(=O)C1=[NH+]CCN1. The Bertz CT molecular complexity index is 140. The molecule has 0 fully saturated rings. The van der Waals surface area contributed by atoms with Crippen LogP contribution >= 0.6 is 0 Å². The molecule has 1 heterocycles. The molecule has 0 saturated carbocycles. The lowest BCUT2D eigenvalue weighted by Crippen LogP contribution is -2.73. The second-order valence-electron chi connectivity index (χ2n) is 1.59. The van der Waals surface area contributed by atoms with Gasteiger partial charge in [0.2, 0.25) is 0 Å². The van der Waals surface area contributed by atoms with E-state index >= 15 is 0 Å². The van der Waals surface area contributed by atoms with Gasteiger partial charge in [-0.25, -0.2) is 0 Å².